The summed E-state index contributed by atoms with van der Waals surface area (Å²) >= 11 is 5.75. The van der Waals surface area contributed by atoms with Gasteiger partial charge >= 0.3 is 0 Å². The number of nitrogens with two attached hydrogens (primary N) is 1. The van der Waals surface area contributed by atoms with Crippen LogP contribution in [0.3, 0.4) is 0 Å². The maximum Gasteiger partial charge on any atom is 0.253 e. The lowest BCUT2D eigenvalue weighted by atomic mass is 10.2. The normalized spacial score (nSPS) is 12.1. The van der Waals surface area contributed by atoms with Crippen LogP contribution >= 0.6 is 11.6 Å². The molecule has 2 rings (SSSR count). The number of aromatic nitrogens is 1. The molecular formula is C8H7ClN2O2S. The van der Waals surface area contributed by atoms with E-state index < -0.39 is 10.0 Å². The smallest absolute Gasteiger partial charge is 0.253 e. The van der Waals surface area contributed by atoms with Gasteiger partial charge < -0.3 is 4.98 Å². The molecule has 1 aromatic carbocycles. The number of nitrogens with one attached hydrogen (secondary N) is 1. The van der Waals surface area contributed by atoms with Crippen molar-refractivity contribution in [3.8, 4) is 0 Å². The molecule has 1 aromatic heterocycles. The van der Waals surface area contributed by atoms with E-state index in [9.17, 15) is 8.42 Å². The molecule has 1 heterocycles. The molecule has 74 valence electrons. The molecule has 4 nitrogen and oxygen atoms in total. The van der Waals surface area contributed by atoms with Crippen LogP contribution in [0.4, 0.5) is 0 Å². The van der Waals surface area contributed by atoms with Crippen molar-refractivity contribution >= 4 is 32.5 Å². The number of primary sulfonamides is 1. The minimum absolute atomic E-state index is 0.00485. The molecule has 14 heavy (non-hydrogen) atoms. The lowest BCUT2D eigenvalue weighted by Gasteiger charge is -1.89. The van der Waals surface area contributed by atoms with Gasteiger partial charge in [-0.1, -0.05) is 11.6 Å². The molecule has 0 amide bonds. The number of H-pyrrole nitrogens is 1. The average Bonchev–Trinajstić information content (AvgIpc) is 2.45. The lowest BCUT2D eigenvalue weighted by Crippen LogP contribution is -2.12. The average molecular weight is 231 g/mol. The van der Waals surface area contributed by atoms with Crippen molar-refractivity contribution < 1.29 is 8.42 Å². The Kier molecular flexibility index (Phi) is 2.02. The fraction of sp³-hybridized carbons (Fsp3) is 0. The summed E-state index contributed by atoms with van der Waals surface area (Å²) in [6, 6.07) is 6.50. The molecule has 0 aliphatic carbocycles. The molecule has 3 N–H and O–H groups in total. The van der Waals surface area contributed by atoms with Gasteiger partial charge in [-0.2, -0.15) is 0 Å². The Morgan fingerprint density at radius 1 is 1.29 bits per heavy atom. The monoisotopic (exact) mass is 230 g/mol. The van der Waals surface area contributed by atoms with Gasteiger partial charge in [-0.15, -0.1) is 0 Å². The maximum absolute atomic E-state index is 11.0. The molecule has 0 bridgehead atoms. The van der Waals surface area contributed by atoms with Gasteiger partial charge in [0.25, 0.3) is 10.0 Å². The molecule has 6 heteroatoms. The fourth-order valence-corrected chi connectivity index (χ4v) is 1.95. The van der Waals surface area contributed by atoms with Crippen LogP contribution in [0, 0.1) is 0 Å². The van der Waals surface area contributed by atoms with Gasteiger partial charge in [-0.05, 0) is 24.3 Å². The van der Waals surface area contributed by atoms with E-state index in [1.54, 1.807) is 18.2 Å². The van der Waals surface area contributed by atoms with Crippen molar-refractivity contribution in [1.29, 1.82) is 0 Å². The molecule has 0 radical (unpaired) electrons. The Morgan fingerprint density at radius 3 is 2.64 bits per heavy atom. The van der Waals surface area contributed by atoms with Gasteiger partial charge in [0, 0.05) is 15.9 Å². The largest absolute Gasteiger partial charge is 0.345 e. The maximum atomic E-state index is 11.0. The third-order valence-electron chi connectivity index (χ3n) is 1.86. The summed E-state index contributed by atoms with van der Waals surface area (Å²) < 4.78 is 22.0. The first kappa shape index (κ1) is 9.51. The highest BCUT2D eigenvalue weighted by Gasteiger charge is 2.10. The Labute approximate surface area is 85.7 Å². The van der Waals surface area contributed by atoms with Crippen molar-refractivity contribution in [3.63, 3.8) is 0 Å². The van der Waals surface area contributed by atoms with E-state index in [4.69, 9.17) is 16.7 Å². The van der Waals surface area contributed by atoms with Gasteiger partial charge in [0.15, 0.2) is 0 Å². The first-order valence-electron chi connectivity index (χ1n) is 3.78. The van der Waals surface area contributed by atoms with E-state index in [0.717, 1.165) is 5.39 Å². The highest BCUT2D eigenvalue weighted by Crippen LogP contribution is 2.21. The number of benzene rings is 1. The Balaban J connectivity index is 2.75. The second-order valence-electron chi connectivity index (χ2n) is 2.91. The summed E-state index contributed by atoms with van der Waals surface area (Å²) in [5.41, 5.74) is 0.693. The first-order chi connectivity index (χ1) is 6.47. The molecule has 0 spiro atoms. The first-order valence-corrected chi connectivity index (χ1v) is 5.70. The van der Waals surface area contributed by atoms with Crippen LogP contribution in [0.15, 0.2) is 29.3 Å². The zero-order valence-electron chi connectivity index (χ0n) is 6.99. The Hall–Kier alpha value is -1.04. The number of fused-ring (bicyclic) bond motifs is 1. The van der Waals surface area contributed by atoms with Gasteiger partial charge in [0.1, 0.15) is 5.03 Å². The Bertz CT molecular complexity index is 588. The number of rotatable bonds is 1. The van der Waals surface area contributed by atoms with E-state index in [1.165, 1.54) is 6.07 Å². The topological polar surface area (TPSA) is 76.0 Å². The molecule has 0 aliphatic heterocycles. The van der Waals surface area contributed by atoms with Crippen LogP contribution in [-0.4, -0.2) is 13.4 Å². The predicted molar refractivity (Wildman–Crippen MR) is 54.7 cm³/mol. The number of halogens is 1. The van der Waals surface area contributed by atoms with Crippen LogP contribution in [-0.2, 0) is 10.0 Å². The summed E-state index contributed by atoms with van der Waals surface area (Å²) in [7, 11) is -3.68. The van der Waals surface area contributed by atoms with Crippen LogP contribution in [0.5, 0.6) is 0 Å². The van der Waals surface area contributed by atoms with Crippen molar-refractivity contribution in [2.75, 3.05) is 0 Å². The standard InChI is InChI=1S/C8H7ClN2O2S/c9-6-1-2-7-5(3-6)4-8(11-7)14(10,12)13/h1-4,11H,(H2,10,12,13). The minimum Gasteiger partial charge on any atom is -0.345 e. The van der Waals surface area contributed by atoms with Gasteiger partial charge in [0.05, 0.1) is 0 Å². The van der Waals surface area contributed by atoms with Crippen LogP contribution in [0.2, 0.25) is 5.02 Å². The van der Waals surface area contributed by atoms with Gasteiger partial charge in [0.2, 0.25) is 0 Å². The van der Waals surface area contributed by atoms with Crippen LogP contribution < -0.4 is 5.14 Å². The number of aromatic amines is 1. The molecule has 0 saturated heterocycles. The fourth-order valence-electron chi connectivity index (χ4n) is 1.23. The highest BCUT2D eigenvalue weighted by molar-refractivity contribution is 7.89. The molecular weight excluding hydrogens is 224 g/mol. The van der Waals surface area contributed by atoms with E-state index in [2.05, 4.69) is 4.98 Å². The Morgan fingerprint density at radius 2 is 2.00 bits per heavy atom. The van der Waals surface area contributed by atoms with Crippen molar-refractivity contribution in [2.45, 2.75) is 5.03 Å². The summed E-state index contributed by atoms with van der Waals surface area (Å²) in [4.78, 5) is 2.69. The minimum atomic E-state index is -3.68. The molecule has 0 fully saturated rings. The summed E-state index contributed by atoms with van der Waals surface area (Å²) in [6.45, 7) is 0. The summed E-state index contributed by atoms with van der Waals surface area (Å²) in [6.07, 6.45) is 0. The quantitative estimate of drug-likeness (QED) is 0.778. The second-order valence-corrected chi connectivity index (χ2v) is 4.88. The highest BCUT2D eigenvalue weighted by atomic mass is 35.5. The van der Waals surface area contributed by atoms with E-state index >= 15 is 0 Å². The lowest BCUT2D eigenvalue weighted by molar-refractivity contribution is 0.595. The second kappa shape index (κ2) is 2.98. The van der Waals surface area contributed by atoms with Crippen molar-refractivity contribution in [3.05, 3.63) is 29.3 Å². The number of sulfonamides is 1. The summed E-state index contributed by atoms with van der Waals surface area (Å²) in [5.74, 6) is 0. The molecule has 0 unspecified atom stereocenters. The number of hydrogen-bond acceptors (Lipinski definition) is 2. The van der Waals surface area contributed by atoms with Gasteiger partial charge in [-0.3, -0.25) is 0 Å². The van der Waals surface area contributed by atoms with Crippen molar-refractivity contribution in [2.24, 2.45) is 5.14 Å². The molecule has 0 atom stereocenters. The molecule has 0 saturated carbocycles. The molecule has 2 aromatic rings. The van der Waals surface area contributed by atoms with E-state index in [1.807, 2.05) is 0 Å². The zero-order valence-corrected chi connectivity index (χ0v) is 8.56. The van der Waals surface area contributed by atoms with Crippen LogP contribution in [0.1, 0.15) is 0 Å². The van der Waals surface area contributed by atoms with E-state index in [0.29, 0.717) is 10.5 Å². The molecule has 0 aliphatic rings. The predicted octanol–water partition coefficient (Wildman–Crippen LogP) is 1.47. The van der Waals surface area contributed by atoms with Crippen molar-refractivity contribution in [1.82, 2.24) is 4.98 Å². The third-order valence-corrected chi connectivity index (χ3v) is 2.93. The van der Waals surface area contributed by atoms with Crippen LogP contribution in [0.25, 0.3) is 10.9 Å². The van der Waals surface area contributed by atoms with E-state index in [-0.39, 0.29) is 5.03 Å². The zero-order chi connectivity index (χ0) is 10.3. The number of hydrogen-bond donors (Lipinski definition) is 2. The van der Waals surface area contributed by atoms with Gasteiger partial charge in [-0.25, -0.2) is 13.6 Å². The SMILES string of the molecule is NS(=O)(=O)c1cc2cc(Cl)ccc2[nH]1. The summed E-state index contributed by atoms with van der Waals surface area (Å²) in [5, 5.41) is 6.24. The third kappa shape index (κ3) is 1.61.